The number of hydrogen-bond acceptors (Lipinski definition) is 3. The van der Waals surface area contributed by atoms with Crippen LogP contribution in [0, 0.1) is 0 Å². The average molecular weight is 181 g/mol. The van der Waals surface area contributed by atoms with Gasteiger partial charge in [-0.2, -0.15) is 0 Å². The van der Waals surface area contributed by atoms with Crippen molar-refractivity contribution in [3.8, 4) is 0 Å². The van der Waals surface area contributed by atoms with E-state index in [1.54, 1.807) is 14.2 Å². The van der Waals surface area contributed by atoms with Gasteiger partial charge in [0.05, 0.1) is 0 Å². The molecule has 1 aromatic rings. The first-order chi connectivity index (χ1) is 6.12. The van der Waals surface area contributed by atoms with Crippen LogP contribution in [0.25, 0.3) is 0 Å². The van der Waals surface area contributed by atoms with Gasteiger partial charge in [0.1, 0.15) is 0 Å². The van der Waals surface area contributed by atoms with Gasteiger partial charge in [-0.3, -0.25) is 0 Å². The fourth-order valence-electron chi connectivity index (χ4n) is 1.10. The number of methoxy groups -OCH3 is 2. The summed E-state index contributed by atoms with van der Waals surface area (Å²) in [6.07, 6.45) is 0. The molecule has 0 aliphatic carbocycles. The molecule has 0 saturated carbocycles. The molecule has 13 heavy (non-hydrogen) atoms. The van der Waals surface area contributed by atoms with Crippen LogP contribution in [-0.2, 0) is 15.3 Å². The first-order valence-electron chi connectivity index (χ1n) is 4.08. The third kappa shape index (κ3) is 1.99. The van der Waals surface area contributed by atoms with E-state index in [9.17, 15) is 0 Å². The van der Waals surface area contributed by atoms with Crippen LogP contribution in [0.3, 0.4) is 0 Å². The Morgan fingerprint density at radius 1 is 1.08 bits per heavy atom. The van der Waals surface area contributed by atoms with Gasteiger partial charge in [0.2, 0.25) is 0 Å². The van der Waals surface area contributed by atoms with Crippen molar-refractivity contribution in [1.29, 1.82) is 0 Å². The van der Waals surface area contributed by atoms with Crippen molar-refractivity contribution in [3.63, 3.8) is 0 Å². The molecule has 0 aromatic heterocycles. The van der Waals surface area contributed by atoms with Crippen molar-refractivity contribution in [3.05, 3.63) is 29.8 Å². The lowest BCUT2D eigenvalue weighted by Crippen LogP contribution is -2.26. The molecule has 0 atom stereocenters. The number of anilines is 1. The summed E-state index contributed by atoms with van der Waals surface area (Å²) < 4.78 is 10.5. The Bertz CT molecular complexity index is 265. The minimum atomic E-state index is -0.687. The molecule has 3 nitrogen and oxygen atoms in total. The monoisotopic (exact) mass is 181 g/mol. The zero-order valence-corrected chi connectivity index (χ0v) is 8.20. The molecular formula is C10H15NO2. The first kappa shape index (κ1) is 10.0. The molecule has 1 rings (SSSR count). The second kappa shape index (κ2) is 3.77. The zero-order valence-electron chi connectivity index (χ0n) is 8.20. The molecule has 0 unspecified atom stereocenters. The van der Waals surface area contributed by atoms with Gasteiger partial charge in [-0.1, -0.05) is 12.1 Å². The van der Waals surface area contributed by atoms with Gasteiger partial charge in [-0.15, -0.1) is 0 Å². The lowest BCUT2D eigenvalue weighted by Gasteiger charge is -2.26. The van der Waals surface area contributed by atoms with Gasteiger partial charge in [0.15, 0.2) is 5.79 Å². The summed E-state index contributed by atoms with van der Waals surface area (Å²) in [5.74, 6) is -0.687. The van der Waals surface area contributed by atoms with Crippen LogP contribution in [0.1, 0.15) is 12.5 Å². The van der Waals surface area contributed by atoms with E-state index in [-0.39, 0.29) is 0 Å². The molecule has 0 aliphatic rings. The van der Waals surface area contributed by atoms with Crippen molar-refractivity contribution < 1.29 is 9.47 Å². The summed E-state index contributed by atoms with van der Waals surface area (Å²) in [6.45, 7) is 1.86. The van der Waals surface area contributed by atoms with Crippen molar-refractivity contribution in [2.24, 2.45) is 0 Å². The third-order valence-corrected chi connectivity index (χ3v) is 2.21. The Labute approximate surface area is 78.5 Å². The summed E-state index contributed by atoms with van der Waals surface area (Å²) in [4.78, 5) is 0. The SMILES string of the molecule is COC(C)(OC)c1ccc(N)cc1. The van der Waals surface area contributed by atoms with Crippen LogP contribution >= 0.6 is 0 Å². The second-order valence-corrected chi connectivity index (χ2v) is 2.98. The predicted octanol–water partition coefficient (Wildman–Crippen LogP) is 1.73. The molecular weight excluding hydrogens is 166 g/mol. The molecule has 0 heterocycles. The van der Waals surface area contributed by atoms with Crippen LogP contribution in [0.2, 0.25) is 0 Å². The average Bonchev–Trinajstić information content (AvgIpc) is 2.18. The van der Waals surface area contributed by atoms with Crippen LogP contribution in [0.5, 0.6) is 0 Å². The topological polar surface area (TPSA) is 44.5 Å². The van der Waals surface area contributed by atoms with E-state index in [0.29, 0.717) is 0 Å². The molecule has 2 N–H and O–H groups in total. The quantitative estimate of drug-likeness (QED) is 0.570. The maximum atomic E-state index is 5.57. The van der Waals surface area contributed by atoms with Crippen LogP contribution in [0.15, 0.2) is 24.3 Å². The van der Waals surface area contributed by atoms with Crippen molar-refractivity contribution >= 4 is 5.69 Å². The summed E-state index contributed by atoms with van der Waals surface area (Å²) >= 11 is 0. The fraction of sp³-hybridized carbons (Fsp3) is 0.400. The Hall–Kier alpha value is -1.06. The molecule has 0 fully saturated rings. The minimum absolute atomic E-state index is 0.687. The van der Waals surface area contributed by atoms with Crippen LogP contribution in [-0.4, -0.2) is 14.2 Å². The number of rotatable bonds is 3. The van der Waals surface area contributed by atoms with E-state index in [1.807, 2.05) is 31.2 Å². The lowest BCUT2D eigenvalue weighted by atomic mass is 10.1. The molecule has 0 bridgehead atoms. The smallest absolute Gasteiger partial charge is 0.191 e. The van der Waals surface area contributed by atoms with Gasteiger partial charge in [0.25, 0.3) is 0 Å². The highest BCUT2D eigenvalue weighted by atomic mass is 16.7. The van der Waals surface area contributed by atoms with E-state index in [4.69, 9.17) is 15.2 Å². The third-order valence-electron chi connectivity index (χ3n) is 2.21. The second-order valence-electron chi connectivity index (χ2n) is 2.98. The molecule has 0 spiro atoms. The summed E-state index contributed by atoms with van der Waals surface area (Å²) in [6, 6.07) is 7.43. The van der Waals surface area contributed by atoms with E-state index in [1.165, 1.54) is 0 Å². The fourth-order valence-corrected chi connectivity index (χ4v) is 1.10. The van der Waals surface area contributed by atoms with E-state index < -0.39 is 5.79 Å². The molecule has 72 valence electrons. The molecule has 3 heteroatoms. The van der Waals surface area contributed by atoms with Gasteiger partial charge in [0, 0.05) is 25.5 Å². The number of nitrogens with two attached hydrogens (primary N) is 1. The van der Waals surface area contributed by atoms with Crippen molar-refractivity contribution in [2.75, 3.05) is 20.0 Å². The van der Waals surface area contributed by atoms with Crippen LogP contribution in [0.4, 0.5) is 5.69 Å². The summed E-state index contributed by atoms with van der Waals surface area (Å²) in [7, 11) is 3.22. The molecule has 0 amide bonds. The highest BCUT2D eigenvalue weighted by molar-refractivity contribution is 5.40. The normalized spacial score (nSPS) is 11.6. The minimum Gasteiger partial charge on any atom is -0.399 e. The molecule has 0 saturated heterocycles. The predicted molar refractivity (Wildman–Crippen MR) is 52.2 cm³/mol. The molecule has 1 aromatic carbocycles. The largest absolute Gasteiger partial charge is 0.399 e. The van der Waals surface area contributed by atoms with Crippen molar-refractivity contribution in [2.45, 2.75) is 12.7 Å². The summed E-state index contributed by atoms with van der Waals surface area (Å²) in [5, 5.41) is 0. The van der Waals surface area contributed by atoms with Crippen molar-refractivity contribution in [1.82, 2.24) is 0 Å². The summed E-state index contributed by atoms with van der Waals surface area (Å²) in [5.41, 5.74) is 7.26. The molecule has 0 aliphatic heterocycles. The lowest BCUT2D eigenvalue weighted by molar-refractivity contribution is -0.201. The standard InChI is InChI=1S/C10H15NO2/c1-10(12-2,13-3)8-4-6-9(11)7-5-8/h4-7H,11H2,1-3H3. The number of nitrogen functional groups attached to an aromatic ring is 1. The maximum absolute atomic E-state index is 5.57. The Kier molecular flexibility index (Phi) is 2.90. The van der Waals surface area contributed by atoms with Gasteiger partial charge < -0.3 is 15.2 Å². The van der Waals surface area contributed by atoms with Gasteiger partial charge in [-0.25, -0.2) is 0 Å². The highest BCUT2D eigenvalue weighted by Gasteiger charge is 2.24. The maximum Gasteiger partial charge on any atom is 0.191 e. The first-order valence-corrected chi connectivity index (χ1v) is 4.08. The number of hydrogen-bond donors (Lipinski definition) is 1. The van der Waals surface area contributed by atoms with E-state index in [2.05, 4.69) is 0 Å². The van der Waals surface area contributed by atoms with Gasteiger partial charge in [-0.05, 0) is 19.1 Å². The van der Waals surface area contributed by atoms with E-state index >= 15 is 0 Å². The Balaban J connectivity index is 2.99. The number of benzene rings is 1. The number of ether oxygens (including phenoxy) is 2. The molecule has 0 radical (unpaired) electrons. The van der Waals surface area contributed by atoms with Gasteiger partial charge >= 0.3 is 0 Å². The highest BCUT2D eigenvalue weighted by Crippen LogP contribution is 2.25. The van der Waals surface area contributed by atoms with E-state index in [0.717, 1.165) is 11.3 Å². The Morgan fingerprint density at radius 2 is 1.54 bits per heavy atom. The Morgan fingerprint density at radius 3 is 1.92 bits per heavy atom. The zero-order chi connectivity index (χ0) is 9.90. The van der Waals surface area contributed by atoms with Crippen LogP contribution < -0.4 is 5.73 Å².